The number of rotatable bonds is 6. The van der Waals surface area contributed by atoms with Crippen LogP contribution in [0.3, 0.4) is 0 Å². The molecule has 0 unspecified atom stereocenters. The molecule has 1 saturated heterocycles. The maximum atomic E-state index is 5.90. The molecule has 0 radical (unpaired) electrons. The van der Waals surface area contributed by atoms with Crippen LogP contribution in [0.5, 0.6) is 5.75 Å². The summed E-state index contributed by atoms with van der Waals surface area (Å²) in [5.41, 5.74) is 0.842. The van der Waals surface area contributed by atoms with Crippen LogP contribution in [-0.4, -0.2) is 38.2 Å². The van der Waals surface area contributed by atoms with Crippen molar-refractivity contribution in [2.24, 2.45) is 5.92 Å². The topological polar surface area (TPSA) is 37.6 Å². The number of benzene rings is 1. The van der Waals surface area contributed by atoms with Crippen molar-refractivity contribution in [3.63, 3.8) is 0 Å². The van der Waals surface area contributed by atoms with Gasteiger partial charge >= 0.3 is 0 Å². The molecule has 0 saturated carbocycles. The molecule has 4 heteroatoms. The molecule has 1 atom stereocenters. The van der Waals surface area contributed by atoms with Crippen LogP contribution in [0.15, 0.2) is 28.7 Å². The third-order valence-corrected chi connectivity index (χ3v) is 4.33. The number of furan rings is 1. The summed E-state index contributed by atoms with van der Waals surface area (Å²) in [4.78, 5) is 2.51. The van der Waals surface area contributed by atoms with Crippen molar-refractivity contribution in [1.82, 2.24) is 10.2 Å². The average Bonchev–Trinajstić information content (AvgIpc) is 3.12. The van der Waals surface area contributed by atoms with Crippen molar-refractivity contribution < 1.29 is 9.15 Å². The number of ether oxygens (including phenoxy) is 1. The molecule has 3 rings (SSSR count). The fourth-order valence-corrected chi connectivity index (χ4v) is 3.10. The smallest absolute Gasteiger partial charge is 0.176 e. The van der Waals surface area contributed by atoms with Crippen LogP contribution in [0.25, 0.3) is 11.0 Å². The average molecular weight is 288 g/mol. The van der Waals surface area contributed by atoms with Gasteiger partial charge in [0.2, 0.25) is 0 Å². The molecule has 2 heterocycles. The molecule has 0 spiro atoms. The lowest BCUT2D eigenvalue weighted by atomic mass is 10.1. The van der Waals surface area contributed by atoms with Crippen LogP contribution >= 0.6 is 0 Å². The van der Waals surface area contributed by atoms with Crippen LogP contribution in [0, 0.1) is 5.92 Å². The Hall–Kier alpha value is -1.52. The highest BCUT2D eigenvalue weighted by Crippen LogP contribution is 2.28. The van der Waals surface area contributed by atoms with E-state index >= 15 is 0 Å². The van der Waals surface area contributed by atoms with E-state index in [4.69, 9.17) is 9.15 Å². The molecule has 0 aliphatic carbocycles. The maximum absolute atomic E-state index is 5.90. The summed E-state index contributed by atoms with van der Waals surface area (Å²) >= 11 is 0. The fraction of sp³-hybridized carbons (Fsp3) is 0.529. The predicted molar refractivity (Wildman–Crippen MR) is 84.7 cm³/mol. The Morgan fingerprint density at radius 2 is 2.33 bits per heavy atom. The van der Waals surface area contributed by atoms with E-state index in [2.05, 4.69) is 29.3 Å². The van der Waals surface area contributed by atoms with Gasteiger partial charge in [0.15, 0.2) is 11.3 Å². The minimum Gasteiger partial charge on any atom is -0.493 e. The number of hydrogen-bond donors (Lipinski definition) is 1. The van der Waals surface area contributed by atoms with Gasteiger partial charge in [-0.05, 0) is 44.1 Å². The third-order valence-electron chi connectivity index (χ3n) is 4.33. The number of likely N-dealkylation sites (tertiary alicyclic amines) is 1. The van der Waals surface area contributed by atoms with Gasteiger partial charge in [-0.1, -0.05) is 19.1 Å². The van der Waals surface area contributed by atoms with Crippen molar-refractivity contribution in [1.29, 1.82) is 0 Å². The number of nitrogens with zero attached hydrogens (tertiary/aromatic N) is 1. The summed E-state index contributed by atoms with van der Waals surface area (Å²) < 4.78 is 11.2. The Bertz CT molecular complexity index is 593. The van der Waals surface area contributed by atoms with E-state index in [0.29, 0.717) is 0 Å². The molecule has 4 nitrogen and oxygen atoms in total. The zero-order valence-corrected chi connectivity index (χ0v) is 12.9. The highest BCUT2D eigenvalue weighted by atomic mass is 16.5. The van der Waals surface area contributed by atoms with Crippen molar-refractivity contribution in [3.8, 4) is 5.75 Å². The molecular weight excluding hydrogens is 264 g/mol. The van der Waals surface area contributed by atoms with Gasteiger partial charge in [-0.25, -0.2) is 0 Å². The number of methoxy groups -OCH3 is 1. The van der Waals surface area contributed by atoms with Gasteiger partial charge in [0, 0.05) is 11.9 Å². The second-order valence-electron chi connectivity index (χ2n) is 5.77. The Kier molecular flexibility index (Phi) is 4.46. The van der Waals surface area contributed by atoms with Gasteiger partial charge in [0.25, 0.3) is 0 Å². The zero-order chi connectivity index (χ0) is 14.7. The minimum atomic E-state index is 0.767. The zero-order valence-electron chi connectivity index (χ0n) is 12.9. The van der Waals surface area contributed by atoms with E-state index in [1.54, 1.807) is 7.11 Å². The Balaban J connectivity index is 1.56. The number of para-hydroxylation sites is 1. The van der Waals surface area contributed by atoms with E-state index in [9.17, 15) is 0 Å². The summed E-state index contributed by atoms with van der Waals surface area (Å²) in [7, 11) is 1.68. The van der Waals surface area contributed by atoms with Crippen LogP contribution in [0.4, 0.5) is 0 Å². The Morgan fingerprint density at radius 1 is 1.43 bits per heavy atom. The largest absolute Gasteiger partial charge is 0.493 e. The van der Waals surface area contributed by atoms with E-state index in [0.717, 1.165) is 41.5 Å². The van der Waals surface area contributed by atoms with Crippen LogP contribution < -0.4 is 10.1 Å². The molecule has 1 aliphatic heterocycles. The highest BCUT2D eigenvalue weighted by Gasteiger charge is 2.20. The molecule has 0 amide bonds. The molecule has 1 fully saturated rings. The van der Waals surface area contributed by atoms with Crippen molar-refractivity contribution in [3.05, 3.63) is 30.0 Å². The van der Waals surface area contributed by atoms with Gasteiger partial charge in [0.1, 0.15) is 5.76 Å². The van der Waals surface area contributed by atoms with Crippen LogP contribution in [0.2, 0.25) is 0 Å². The lowest BCUT2D eigenvalue weighted by Crippen LogP contribution is -2.26. The first-order valence-electron chi connectivity index (χ1n) is 7.78. The Morgan fingerprint density at radius 3 is 3.10 bits per heavy atom. The standard InChI is InChI=1S/C17H24N2O2/c1-3-19-8-7-13(12-19)10-18-11-15-9-14-5-4-6-16(20-2)17(14)21-15/h4-6,9,13,18H,3,7-8,10-12H2,1-2H3/t13-/m0/s1. The molecular formula is C17H24N2O2. The van der Waals surface area contributed by atoms with Crippen LogP contribution in [-0.2, 0) is 6.54 Å². The van der Waals surface area contributed by atoms with Gasteiger partial charge in [0.05, 0.1) is 13.7 Å². The molecule has 1 N–H and O–H groups in total. The molecule has 1 aromatic carbocycles. The summed E-state index contributed by atoms with van der Waals surface area (Å²) in [6.45, 7) is 7.70. The van der Waals surface area contributed by atoms with Gasteiger partial charge < -0.3 is 19.4 Å². The number of nitrogens with one attached hydrogen (secondary N) is 1. The van der Waals surface area contributed by atoms with Crippen molar-refractivity contribution in [2.45, 2.75) is 19.9 Å². The quantitative estimate of drug-likeness (QED) is 0.887. The normalized spacial score (nSPS) is 19.4. The van der Waals surface area contributed by atoms with Gasteiger partial charge in [-0.3, -0.25) is 0 Å². The lowest BCUT2D eigenvalue weighted by molar-refractivity contribution is 0.337. The number of fused-ring (bicyclic) bond motifs is 1. The summed E-state index contributed by atoms with van der Waals surface area (Å²) in [5.74, 6) is 2.54. The summed E-state index contributed by atoms with van der Waals surface area (Å²) in [5, 5.41) is 4.63. The van der Waals surface area contributed by atoms with Crippen molar-refractivity contribution in [2.75, 3.05) is 33.3 Å². The van der Waals surface area contributed by atoms with Crippen LogP contribution in [0.1, 0.15) is 19.1 Å². The van der Waals surface area contributed by atoms with Crippen molar-refractivity contribution >= 4 is 11.0 Å². The molecule has 0 bridgehead atoms. The second-order valence-corrected chi connectivity index (χ2v) is 5.77. The maximum Gasteiger partial charge on any atom is 0.176 e. The molecule has 114 valence electrons. The highest BCUT2D eigenvalue weighted by molar-refractivity contribution is 5.83. The first-order valence-corrected chi connectivity index (χ1v) is 7.78. The molecule has 1 aliphatic rings. The van der Waals surface area contributed by atoms with E-state index in [1.807, 2.05) is 12.1 Å². The monoisotopic (exact) mass is 288 g/mol. The lowest BCUT2D eigenvalue weighted by Gasteiger charge is -2.13. The first kappa shape index (κ1) is 14.4. The first-order chi connectivity index (χ1) is 10.3. The number of hydrogen-bond acceptors (Lipinski definition) is 4. The van der Waals surface area contributed by atoms with E-state index in [1.165, 1.54) is 26.1 Å². The Labute approximate surface area is 126 Å². The molecule has 21 heavy (non-hydrogen) atoms. The molecule has 1 aromatic heterocycles. The SMILES string of the molecule is CCN1CC[C@@H](CNCc2cc3cccc(OC)c3o2)C1. The van der Waals surface area contributed by atoms with E-state index < -0.39 is 0 Å². The predicted octanol–water partition coefficient (Wildman–Crippen LogP) is 2.87. The second kappa shape index (κ2) is 6.50. The van der Waals surface area contributed by atoms with Gasteiger partial charge in [-0.15, -0.1) is 0 Å². The third kappa shape index (κ3) is 3.22. The fourth-order valence-electron chi connectivity index (χ4n) is 3.10. The molecule has 2 aromatic rings. The van der Waals surface area contributed by atoms with Gasteiger partial charge in [-0.2, -0.15) is 0 Å². The summed E-state index contributed by atoms with van der Waals surface area (Å²) in [6, 6.07) is 8.07. The minimum absolute atomic E-state index is 0.767. The summed E-state index contributed by atoms with van der Waals surface area (Å²) in [6.07, 6.45) is 1.30. The van der Waals surface area contributed by atoms with E-state index in [-0.39, 0.29) is 0 Å².